The normalized spacial score (nSPS) is 12.1. The Balaban J connectivity index is 1.59. The quantitative estimate of drug-likeness (QED) is 0.230. The zero-order chi connectivity index (χ0) is 22.0. The molecule has 1 amide bonds. The van der Waals surface area contributed by atoms with Crippen LogP contribution in [0.25, 0.3) is 11.0 Å². The average molecular weight is 455 g/mol. The van der Waals surface area contributed by atoms with Crippen LogP contribution in [0.4, 0.5) is 5.69 Å². The zero-order valence-corrected chi connectivity index (χ0v) is 18.3. The number of hydrogen-bond acceptors (Lipinski definition) is 8. The maximum atomic E-state index is 13.1. The summed E-state index contributed by atoms with van der Waals surface area (Å²) in [6, 6.07) is 13.3. The Bertz CT molecular complexity index is 1270. The van der Waals surface area contributed by atoms with Gasteiger partial charge in [0.2, 0.25) is 0 Å². The molecule has 2 heterocycles. The fourth-order valence-corrected chi connectivity index (χ4v) is 4.99. The molecule has 4 aromatic rings. The number of thioether (sulfide) groups is 1. The smallest absolute Gasteiger partial charge is 0.287 e. The maximum absolute atomic E-state index is 13.1. The van der Waals surface area contributed by atoms with E-state index in [1.165, 1.54) is 35.2 Å². The van der Waals surface area contributed by atoms with E-state index in [0.717, 1.165) is 20.3 Å². The predicted molar refractivity (Wildman–Crippen MR) is 119 cm³/mol. The van der Waals surface area contributed by atoms with Crippen LogP contribution in [0.2, 0.25) is 0 Å². The summed E-state index contributed by atoms with van der Waals surface area (Å²) in [4.78, 5) is 23.7. The Morgan fingerprint density at radius 1 is 1.26 bits per heavy atom. The van der Waals surface area contributed by atoms with Gasteiger partial charge in [-0.1, -0.05) is 53.4 Å². The van der Waals surface area contributed by atoms with Gasteiger partial charge >= 0.3 is 0 Å². The summed E-state index contributed by atoms with van der Waals surface area (Å²) >= 11 is 2.99. The molecule has 0 fully saturated rings. The molecule has 0 aliphatic rings. The van der Waals surface area contributed by atoms with Crippen molar-refractivity contribution in [2.75, 3.05) is 0 Å². The third-order valence-corrected chi connectivity index (χ3v) is 6.68. The van der Waals surface area contributed by atoms with Crippen molar-refractivity contribution in [1.29, 1.82) is 0 Å². The van der Waals surface area contributed by atoms with Crippen molar-refractivity contribution in [2.24, 2.45) is 0 Å². The van der Waals surface area contributed by atoms with Gasteiger partial charge in [-0.25, -0.2) is 0 Å². The Kier molecular flexibility index (Phi) is 6.01. The van der Waals surface area contributed by atoms with Gasteiger partial charge in [0.15, 0.2) is 10.1 Å². The number of nitrogens with one attached hydrogen (secondary N) is 1. The van der Waals surface area contributed by atoms with Gasteiger partial charge in [-0.3, -0.25) is 14.9 Å². The number of nitro groups is 1. The summed E-state index contributed by atoms with van der Waals surface area (Å²) in [5, 5.41) is 23.8. The minimum absolute atomic E-state index is 0.0215. The number of carbonyl (C=O) groups is 1. The highest BCUT2D eigenvalue weighted by atomic mass is 32.2. The number of aryl methyl sites for hydroxylation is 1. The van der Waals surface area contributed by atoms with Crippen molar-refractivity contribution in [1.82, 2.24) is 15.5 Å². The van der Waals surface area contributed by atoms with Crippen molar-refractivity contribution in [3.63, 3.8) is 0 Å². The average Bonchev–Trinajstić information content (AvgIpc) is 3.35. The SMILES string of the molecule is Cc1nnc(SCc2c(C(=O)NC(C)c3cccc([N+](=O)[O-])c3)oc3ccccc23)s1. The molecule has 2 aromatic heterocycles. The Hall–Kier alpha value is -3.24. The highest BCUT2D eigenvalue weighted by molar-refractivity contribution is 8.00. The number of fused-ring (bicyclic) bond motifs is 1. The lowest BCUT2D eigenvalue weighted by Crippen LogP contribution is -2.27. The van der Waals surface area contributed by atoms with Crippen LogP contribution in [0.5, 0.6) is 0 Å². The summed E-state index contributed by atoms with van der Waals surface area (Å²) in [6.07, 6.45) is 0. The van der Waals surface area contributed by atoms with Crippen LogP contribution in [0.15, 0.2) is 57.3 Å². The lowest BCUT2D eigenvalue weighted by molar-refractivity contribution is -0.384. The van der Waals surface area contributed by atoms with Gasteiger partial charge in [-0.05, 0) is 25.5 Å². The Morgan fingerprint density at radius 2 is 2.06 bits per heavy atom. The molecule has 1 N–H and O–H groups in total. The molecule has 158 valence electrons. The second-order valence-electron chi connectivity index (χ2n) is 6.83. The van der Waals surface area contributed by atoms with E-state index in [1.807, 2.05) is 31.2 Å². The molecule has 0 aliphatic carbocycles. The van der Waals surface area contributed by atoms with Gasteiger partial charge in [0.05, 0.1) is 11.0 Å². The number of rotatable bonds is 7. The Labute approximate surface area is 185 Å². The predicted octanol–water partition coefficient (Wildman–Crippen LogP) is 5.28. The number of benzene rings is 2. The van der Waals surface area contributed by atoms with Gasteiger partial charge in [-0.15, -0.1) is 10.2 Å². The number of non-ortho nitro benzene ring substituents is 1. The molecule has 0 saturated carbocycles. The topological polar surface area (TPSA) is 111 Å². The molecule has 0 spiro atoms. The second kappa shape index (κ2) is 8.86. The summed E-state index contributed by atoms with van der Waals surface area (Å²) < 4.78 is 6.71. The molecule has 10 heteroatoms. The lowest BCUT2D eigenvalue weighted by Gasteiger charge is -2.14. The fraction of sp³-hybridized carbons (Fsp3) is 0.190. The standard InChI is InChI=1S/C21H18N4O4S2/c1-12(14-6-5-7-15(10-14)25(27)28)22-20(26)19-17(11-30-21-24-23-13(2)31-21)16-8-3-4-9-18(16)29-19/h3-10,12H,11H2,1-2H3,(H,22,26). The van der Waals surface area contributed by atoms with Crippen molar-refractivity contribution in [2.45, 2.75) is 30.0 Å². The number of carbonyl (C=O) groups excluding carboxylic acids is 1. The maximum Gasteiger partial charge on any atom is 0.287 e. The van der Waals surface area contributed by atoms with E-state index in [1.54, 1.807) is 19.1 Å². The van der Waals surface area contributed by atoms with Crippen LogP contribution < -0.4 is 5.32 Å². The number of nitrogens with zero attached hydrogens (tertiary/aromatic N) is 3. The second-order valence-corrected chi connectivity index (χ2v) is 9.23. The van der Waals surface area contributed by atoms with Gasteiger partial charge in [-0.2, -0.15) is 0 Å². The van der Waals surface area contributed by atoms with Gasteiger partial charge < -0.3 is 9.73 Å². The first-order valence-electron chi connectivity index (χ1n) is 9.41. The van der Waals surface area contributed by atoms with Crippen molar-refractivity contribution < 1.29 is 14.1 Å². The monoisotopic (exact) mass is 454 g/mol. The van der Waals surface area contributed by atoms with E-state index < -0.39 is 11.0 Å². The number of aromatic nitrogens is 2. The summed E-state index contributed by atoms with van der Waals surface area (Å²) in [5.74, 6) is 0.353. The summed E-state index contributed by atoms with van der Waals surface area (Å²) in [5.41, 5.74) is 2.02. The zero-order valence-electron chi connectivity index (χ0n) is 16.7. The minimum Gasteiger partial charge on any atom is -0.451 e. The van der Waals surface area contributed by atoms with E-state index in [0.29, 0.717) is 16.9 Å². The first kappa shape index (κ1) is 21.0. The number of nitro benzene ring substituents is 1. The third kappa shape index (κ3) is 4.59. The van der Waals surface area contributed by atoms with E-state index in [2.05, 4.69) is 15.5 Å². The number of hydrogen-bond donors (Lipinski definition) is 1. The molecule has 4 rings (SSSR count). The fourth-order valence-electron chi connectivity index (χ4n) is 3.15. The summed E-state index contributed by atoms with van der Waals surface area (Å²) in [7, 11) is 0. The third-order valence-electron chi connectivity index (χ3n) is 4.68. The van der Waals surface area contributed by atoms with Gasteiger partial charge in [0.1, 0.15) is 10.6 Å². The molecule has 0 bridgehead atoms. The highest BCUT2D eigenvalue weighted by Gasteiger charge is 2.23. The molecule has 0 saturated heterocycles. The molecular formula is C21H18N4O4S2. The van der Waals surface area contributed by atoms with Crippen molar-refractivity contribution in [3.05, 3.63) is 80.5 Å². The van der Waals surface area contributed by atoms with Crippen LogP contribution in [0, 0.1) is 17.0 Å². The molecule has 0 aliphatic heterocycles. The molecule has 1 unspecified atom stereocenters. The molecule has 0 radical (unpaired) electrons. The van der Waals surface area contributed by atoms with Crippen LogP contribution in [0.3, 0.4) is 0 Å². The van der Waals surface area contributed by atoms with E-state index in [9.17, 15) is 14.9 Å². The number of para-hydroxylation sites is 1. The highest BCUT2D eigenvalue weighted by Crippen LogP contribution is 2.33. The molecule has 8 nitrogen and oxygen atoms in total. The largest absolute Gasteiger partial charge is 0.451 e. The van der Waals surface area contributed by atoms with E-state index in [4.69, 9.17) is 4.42 Å². The van der Waals surface area contributed by atoms with Gasteiger partial charge in [0, 0.05) is 28.8 Å². The number of furan rings is 1. The molecular weight excluding hydrogens is 436 g/mol. The number of amides is 1. The first-order valence-corrected chi connectivity index (χ1v) is 11.2. The van der Waals surface area contributed by atoms with Crippen molar-refractivity contribution in [3.8, 4) is 0 Å². The lowest BCUT2D eigenvalue weighted by atomic mass is 10.1. The van der Waals surface area contributed by atoms with Crippen molar-refractivity contribution >= 4 is 45.7 Å². The first-order chi connectivity index (χ1) is 14.9. The molecule has 1 atom stereocenters. The van der Waals surface area contributed by atoms with E-state index >= 15 is 0 Å². The van der Waals surface area contributed by atoms with E-state index in [-0.39, 0.29) is 17.4 Å². The Morgan fingerprint density at radius 3 is 2.81 bits per heavy atom. The van der Waals surface area contributed by atoms with Gasteiger partial charge in [0.25, 0.3) is 11.6 Å². The van der Waals surface area contributed by atoms with Crippen LogP contribution >= 0.6 is 23.1 Å². The van der Waals surface area contributed by atoms with Crippen LogP contribution in [-0.2, 0) is 5.75 Å². The van der Waals surface area contributed by atoms with Crippen LogP contribution in [-0.4, -0.2) is 21.0 Å². The minimum atomic E-state index is -0.457. The van der Waals surface area contributed by atoms with Crippen LogP contribution in [0.1, 0.15) is 39.7 Å². The molecule has 2 aromatic carbocycles. The summed E-state index contributed by atoms with van der Waals surface area (Å²) in [6.45, 7) is 3.67. The molecule has 31 heavy (non-hydrogen) atoms.